The molecule has 0 N–H and O–H groups in total. The van der Waals surface area contributed by atoms with E-state index in [0.717, 1.165) is 3.63 Å². The maximum Gasteiger partial charge on any atom is -1.00 e. The molecule has 0 spiro atoms. The van der Waals surface area contributed by atoms with E-state index >= 15 is 0 Å². The first-order chi connectivity index (χ1) is 12.4. The van der Waals surface area contributed by atoms with Gasteiger partial charge in [-0.2, -0.15) is 0 Å². The summed E-state index contributed by atoms with van der Waals surface area (Å²) in [6.45, 7) is 9.61. The monoisotopic (exact) mass is 488 g/mol. The van der Waals surface area contributed by atoms with Gasteiger partial charge in [0.05, 0.1) is 0 Å². The first-order valence-corrected chi connectivity index (χ1v) is 16.2. The van der Waals surface area contributed by atoms with Crippen LogP contribution in [0.5, 0.6) is 0 Å². The SMILES string of the molecule is CC1=CC[C]([Zr+2]2([CH]3c4ccccc4-c4ccccc43)[CH2][CH2]2)=C1C(C)(C)C.[Cl-].[Cl-]. The molecule has 3 heteroatoms. The largest absolute Gasteiger partial charge is 1.00 e. The molecule has 0 nitrogen and oxygen atoms in total. The summed E-state index contributed by atoms with van der Waals surface area (Å²) in [4.78, 5) is 0. The fraction of sp³-hybridized carbons (Fsp3) is 0.360. The van der Waals surface area contributed by atoms with Gasteiger partial charge in [0.1, 0.15) is 0 Å². The van der Waals surface area contributed by atoms with Crippen molar-refractivity contribution in [1.82, 2.24) is 0 Å². The van der Waals surface area contributed by atoms with E-state index in [1.54, 1.807) is 22.3 Å². The van der Waals surface area contributed by atoms with Gasteiger partial charge >= 0.3 is 163 Å². The van der Waals surface area contributed by atoms with E-state index in [4.69, 9.17) is 0 Å². The van der Waals surface area contributed by atoms with Crippen molar-refractivity contribution in [2.45, 2.75) is 46.0 Å². The van der Waals surface area contributed by atoms with Crippen LogP contribution in [0, 0.1) is 5.41 Å². The first-order valence-electron chi connectivity index (χ1n) is 10.0. The average Bonchev–Trinajstić information content (AvgIpc) is 3.18. The van der Waals surface area contributed by atoms with Crippen LogP contribution in [0.3, 0.4) is 0 Å². The molecule has 0 bridgehead atoms. The van der Waals surface area contributed by atoms with Gasteiger partial charge in [0.15, 0.2) is 0 Å². The second kappa shape index (κ2) is 7.57. The molecule has 146 valence electrons. The van der Waals surface area contributed by atoms with Gasteiger partial charge in [-0.15, -0.1) is 0 Å². The van der Waals surface area contributed by atoms with Crippen LogP contribution in [-0.2, 0) is 20.3 Å². The third-order valence-electron chi connectivity index (χ3n) is 6.83. The summed E-state index contributed by atoms with van der Waals surface area (Å²) in [5, 5.41) is 0. The number of halogens is 2. The van der Waals surface area contributed by atoms with Crippen molar-refractivity contribution in [3.05, 3.63) is 80.2 Å². The second-order valence-electron chi connectivity index (χ2n) is 9.46. The van der Waals surface area contributed by atoms with Gasteiger partial charge in [0.2, 0.25) is 0 Å². The third kappa shape index (κ3) is 3.13. The summed E-state index contributed by atoms with van der Waals surface area (Å²) in [7, 11) is 0. The molecule has 3 aliphatic rings. The Morgan fingerprint density at radius 2 is 1.32 bits per heavy atom. The zero-order chi connectivity index (χ0) is 18.1. The van der Waals surface area contributed by atoms with Crippen LogP contribution in [0.15, 0.2) is 69.0 Å². The summed E-state index contributed by atoms with van der Waals surface area (Å²) in [6.07, 6.45) is 3.77. The number of hydrogen-bond donors (Lipinski definition) is 0. The summed E-state index contributed by atoms with van der Waals surface area (Å²) in [5.74, 6) is 0. The maximum absolute atomic E-state index is 2.53. The number of hydrogen-bond acceptors (Lipinski definition) is 0. The molecule has 0 atom stereocenters. The van der Waals surface area contributed by atoms with E-state index in [0.29, 0.717) is 0 Å². The first kappa shape index (κ1) is 22.1. The molecule has 28 heavy (non-hydrogen) atoms. The van der Waals surface area contributed by atoms with Crippen LogP contribution < -0.4 is 24.8 Å². The Morgan fingerprint density at radius 1 is 0.821 bits per heavy atom. The molecule has 0 unspecified atom stereocenters. The zero-order valence-electron chi connectivity index (χ0n) is 17.2. The van der Waals surface area contributed by atoms with Crippen molar-refractivity contribution in [2.75, 3.05) is 0 Å². The van der Waals surface area contributed by atoms with Crippen molar-refractivity contribution < 1.29 is 45.1 Å². The Labute approximate surface area is 186 Å². The summed E-state index contributed by atoms with van der Waals surface area (Å²) >= 11 is -2.40. The van der Waals surface area contributed by atoms with Crippen molar-refractivity contribution in [1.29, 1.82) is 0 Å². The van der Waals surface area contributed by atoms with Crippen LogP contribution in [0.2, 0.25) is 8.26 Å². The molecule has 2 aliphatic carbocycles. The zero-order valence-corrected chi connectivity index (χ0v) is 21.1. The second-order valence-corrected chi connectivity index (χ2v) is 20.5. The van der Waals surface area contributed by atoms with E-state index < -0.39 is 20.3 Å². The molecule has 2 aromatic carbocycles. The standard InChI is InChI=1S/C13H9.C10H15.C2H4.2ClH.Zr/c1-3-7-12-10(5-1)9-11-6-2-4-8-13(11)12;1-8-6-5-7-9(8)10(2,3)4;1-2;;;/h1-9H;6H,5H2,1-4H3;1-2H2;2*1H;/q;;;;;+2/p-2. The maximum atomic E-state index is 2.53. The Balaban J connectivity index is 0.00000112. The predicted octanol–water partition coefficient (Wildman–Crippen LogP) is 1.42. The molecule has 5 rings (SSSR count). The van der Waals surface area contributed by atoms with Crippen molar-refractivity contribution >= 4 is 0 Å². The molecule has 1 heterocycles. The number of fused-ring (bicyclic) bond motifs is 3. The smallest absolute Gasteiger partial charge is 1.00 e. The minimum Gasteiger partial charge on any atom is -1.00 e. The van der Waals surface area contributed by atoms with E-state index in [-0.39, 0.29) is 30.2 Å². The summed E-state index contributed by atoms with van der Waals surface area (Å²) < 4.78 is 5.76. The Morgan fingerprint density at radius 3 is 1.79 bits per heavy atom. The third-order valence-corrected chi connectivity index (χ3v) is 19.0. The van der Waals surface area contributed by atoms with E-state index in [9.17, 15) is 0 Å². The van der Waals surface area contributed by atoms with Crippen LogP contribution in [0.25, 0.3) is 11.1 Å². The van der Waals surface area contributed by atoms with Gasteiger partial charge in [-0.3, -0.25) is 0 Å². The number of rotatable bonds is 2. The van der Waals surface area contributed by atoms with Gasteiger partial charge in [-0.25, -0.2) is 0 Å². The predicted molar refractivity (Wildman–Crippen MR) is 108 cm³/mol. The van der Waals surface area contributed by atoms with Crippen LogP contribution >= 0.6 is 0 Å². The van der Waals surface area contributed by atoms with E-state index in [2.05, 4.69) is 82.3 Å². The Hall–Kier alpha value is -0.617. The minimum absolute atomic E-state index is 0. The van der Waals surface area contributed by atoms with Gasteiger partial charge in [0, 0.05) is 0 Å². The molecule has 1 fully saturated rings. The number of benzene rings is 2. The molecule has 1 saturated heterocycles. The molecular formula is C25H28Cl2Zr. The van der Waals surface area contributed by atoms with Crippen LogP contribution in [-0.4, -0.2) is 0 Å². The molecule has 0 saturated carbocycles. The quantitative estimate of drug-likeness (QED) is 0.598. The minimum atomic E-state index is -2.40. The summed E-state index contributed by atoms with van der Waals surface area (Å²) in [6, 6.07) is 18.5. The van der Waals surface area contributed by atoms with E-state index in [1.165, 1.54) is 25.8 Å². The molecule has 0 amide bonds. The molecule has 0 aromatic heterocycles. The fourth-order valence-electron chi connectivity index (χ4n) is 5.84. The fourth-order valence-corrected chi connectivity index (χ4v) is 22.2. The van der Waals surface area contributed by atoms with Crippen LogP contribution in [0.1, 0.15) is 48.9 Å². The van der Waals surface area contributed by atoms with Gasteiger partial charge in [-0.05, 0) is 0 Å². The van der Waals surface area contributed by atoms with Gasteiger partial charge in [0.25, 0.3) is 0 Å². The van der Waals surface area contributed by atoms with Crippen molar-refractivity contribution in [2.24, 2.45) is 5.41 Å². The van der Waals surface area contributed by atoms with Crippen molar-refractivity contribution in [3.63, 3.8) is 0 Å². The topological polar surface area (TPSA) is 0 Å². The van der Waals surface area contributed by atoms with Crippen LogP contribution in [0.4, 0.5) is 0 Å². The average molecular weight is 491 g/mol. The Kier molecular flexibility index (Phi) is 5.97. The molecule has 1 aliphatic heterocycles. The summed E-state index contributed by atoms with van der Waals surface area (Å²) in [5.41, 5.74) is 9.88. The number of allylic oxidation sites excluding steroid dienone is 4. The van der Waals surface area contributed by atoms with E-state index in [1.807, 2.05) is 3.28 Å². The van der Waals surface area contributed by atoms with Crippen molar-refractivity contribution in [3.8, 4) is 11.1 Å². The molecule has 0 radical (unpaired) electrons. The van der Waals surface area contributed by atoms with Gasteiger partial charge in [-0.1, -0.05) is 0 Å². The normalized spacial score (nSPS) is 18.2. The Bertz CT molecular complexity index is 929. The molecule has 2 aromatic rings. The van der Waals surface area contributed by atoms with Gasteiger partial charge < -0.3 is 24.8 Å². The molecular weight excluding hydrogens is 462 g/mol.